The Kier molecular flexibility index (Phi) is 3.60. The number of rotatable bonds is 4. The van der Waals surface area contributed by atoms with Gasteiger partial charge in [-0.25, -0.2) is 0 Å². The summed E-state index contributed by atoms with van der Waals surface area (Å²) in [4.78, 5) is 32.6. The predicted molar refractivity (Wildman–Crippen MR) is 58.0 cm³/mol. The Morgan fingerprint density at radius 2 is 1.88 bits per heavy atom. The van der Waals surface area contributed by atoms with Crippen LogP contribution in [0.15, 0.2) is 18.2 Å². The minimum Gasteiger partial charge on any atom is -0.366 e. The molecule has 0 saturated carbocycles. The van der Waals surface area contributed by atoms with Crippen LogP contribution in [0.3, 0.4) is 0 Å². The van der Waals surface area contributed by atoms with Crippen LogP contribution in [0.4, 0.5) is 5.69 Å². The maximum absolute atomic E-state index is 11.4. The number of carbonyl (C=O) groups is 3. The van der Waals surface area contributed by atoms with Gasteiger partial charge in [0.15, 0.2) is 0 Å². The van der Waals surface area contributed by atoms with Crippen molar-refractivity contribution in [1.29, 1.82) is 0 Å². The summed E-state index contributed by atoms with van der Waals surface area (Å²) < 4.78 is 0. The molecule has 1 aromatic rings. The van der Waals surface area contributed by atoms with Gasteiger partial charge < -0.3 is 16.4 Å². The third kappa shape index (κ3) is 2.57. The summed E-state index contributed by atoms with van der Waals surface area (Å²) in [6.45, 7) is 0. The molecule has 0 aliphatic heterocycles. The van der Waals surface area contributed by atoms with E-state index in [-0.39, 0.29) is 17.0 Å². The van der Waals surface area contributed by atoms with E-state index in [1.165, 1.54) is 25.2 Å². The van der Waals surface area contributed by atoms with Gasteiger partial charge in [-0.15, -0.1) is 0 Å². The molecule has 0 aliphatic rings. The molecule has 1 rings (SSSR count). The second-order valence-corrected chi connectivity index (χ2v) is 3.00. The molecule has 0 radical (unpaired) electrons. The number of amides is 3. The van der Waals surface area contributed by atoms with E-state index >= 15 is 0 Å². The fourth-order valence-corrected chi connectivity index (χ4v) is 1.20. The maximum Gasteiger partial charge on any atom is 0.251 e. The Hall–Kier alpha value is -2.37. The zero-order chi connectivity index (χ0) is 12.1. The Labute approximate surface area is 91.8 Å². The zero-order valence-corrected chi connectivity index (χ0v) is 8.61. The molecule has 6 nitrogen and oxygen atoms in total. The first-order chi connectivity index (χ1) is 7.58. The lowest BCUT2D eigenvalue weighted by Crippen LogP contribution is -2.19. The third-order valence-electron chi connectivity index (χ3n) is 1.93. The van der Waals surface area contributed by atoms with Crippen molar-refractivity contribution in [3.8, 4) is 0 Å². The molecule has 4 N–H and O–H groups in total. The largest absolute Gasteiger partial charge is 0.366 e. The Balaban J connectivity index is 3.23. The first-order valence-corrected chi connectivity index (χ1v) is 4.45. The lowest BCUT2D eigenvalue weighted by atomic mass is 10.1. The van der Waals surface area contributed by atoms with Crippen LogP contribution in [0.1, 0.15) is 20.7 Å². The fraction of sp³-hybridized carbons (Fsp3) is 0.100. The molecule has 0 aliphatic carbocycles. The van der Waals surface area contributed by atoms with Gasteiger partial charge in [0.05, 0.1) is 0 Å². The average Bonchev–Trinajstić information content (AvgIpc) is 2.28. The molecule has 0 spiro atoms. The number of hydrogen-bond donors (Lipinski definition) is 3. The van der Waals surface area contributed by atoms with Gasteiger partial charge in [0, 0.05) is 23.9 Å². The minimum atomic E-state index is -0.667. The number of anilines is 1. The quantitative estimate of drug-likeness (QED) is 0.609. The van der Waals surface area contributed by atoms with Crippen LogP contribution in [0.5, 0.6) is 0 Å². The van der Waals surface area contributed by atoms with E-state index in [4.69, 9.17) is 5.73 Å². The molecule has 3 amide bonds. The van der Waals surface area contributed by atoms with Crippen molar-refractivity contribution < 1.29 is 14.4 Å². The molecule has 1 aromatic carbocycles. The summed E-state index contributed by atoms with van der Waals surface area (Å²) in [6.07, 6.45) is 0.452. The van der Waals surface area contributed by atoms with Crippen LogP contribution in [-0.4, -0.2) is 25.3 Å². The van der Waals surface area contributed by atoms with Gasteiger partial charge in [-0.05, 0) is 18.2 Å². The van der Waals surface area contributed by atoms with E-state index in [0.717, 1.165) is 0 Å². The van der Waals surface area contributed by atoms with Gasteiger partial charge in [0.1, 0.15) is 0 Å². The number of nitrogens with two attached hydrogens (primary N) is 1. The van der Waals surface area contributed by atoms with E-state index in [1.54, 1.807) is 0 Å². The molecule has 0 aromatic heterocycles. The maximum atomic E-state index is 11.4. The highest BCUT2D eigenvalue weighted by molar-refractivity contribution is 6.00. The molecule has 0 saturated heterocycles. The zero-order valence-electron chi connectivity index (χ0n) is 8.61. The Bertz CT molecular complexity index is 443. The fourth-order valence-electron chi connectivity index (χ4n) is 1.20. The SMILES string of the molecule is CNC(=O)c1cc(NC=O)cc(C(N)=O)c1. The Morgan fingerprint density at radius 3 is 2.38 bits per heavy atom. The highest BCUT2D eigenvalue weighted by Gasteiger charge is 2.09. The normalized spacial score (nSPS) is 9.31. The van der Waals surface area contributed by atoms with E-state index in [9.17, 15) is 14.4 Å². The highest BCUT2D eigenvalue weighted by Crippen LogP contribution is 2.14. The van der Waals surface area contributed by atoms with Crippen LogP contribution >= 0.6 is 0 Å². The van der Waals surface area contributed by atoms with Crippen LogP contribution < -0.4 is 16.4 Å². The number of carbonyl (C=O) groups excluding carboxylic acids is 3. The first-order valence-electron chi connectivity index (χ1n) is 4.45. The lowest BCUT2D eigenvalue weighted by Gasteiger charge is -2.06. The third-order valence-corrected chi connectivity index (χ3v) is 1.93. The van der Waals surface area contributed by atoms with Gasteiger partial charge in [-0.1, -0.05) is 0 Å². The topological polar surface area (TPSA) is 101 Å². The number of nitrogens with one attached hydrogen (secondary N) is 2. The minimum absolute atomic E-state index is 0.158. The predicted octanol–water partition coefficient (Wildman–Crippen LogP) is -0.287. The number of hydrogen-bond acceptors (Lipinski definition) is 3. The van der Waals surface area contributed by atoms with Crippen molar-refractivity contribution in [2.45, 2.75) is 0 Å². The molecule has 6 heteroatoms. The molecular formula is C10H11N3O3. The molecule has 16 heavy (non-hydrogen) atoms. The monoisotopic (exact) mass is 221 g/mol. The van der Waals surface area contributed by atoms with Crippen LogP contribution in [0.2, 0.25) is 0 Å². The smallest absolute Gasteiger partial charge is 0.251 e. The van der Waals surface area contributed by atoms with Crippen molar-refractivity contribution in [3.05, 3.63) is 29.3 Å². The van der Waals surface area contributed by atoms with Gasteiger partial charge in [0.2, 0.25) is 12.3 Å². The molecule has 0 atom stereocenters. The molecule has 0 unspecified atom stereocenters. The molecule has 0 fully saturated rings. The van der Waals surface area contributed by atoms with Crippen molar-refractivity contribution in [2.75, 3.05) is 12.4 Å². The van der Waals surface area contributed by atoms with Crippen molar-refractivity contribution in [3.63, 3.8) is 0 Å². The molecule has 0 bridgehead atoms. The number of benzene rings is 1. The summed E-state index contributed by atoms with van der Waals surface area (Å²) in [5.41, 5.74) is 5.85. The van der Waals surface area contributed by atoms with Crippen LogP contribution in [0, 0.1) is 0 Å². The van der Waals surface area contributed by atoms with Gasteiger partial charge in [-0.2, -0.15) is 0 Å². The number of primary amides is 1. The second kappa shape index (κ2) is 4.92. The first kappa shape index (κ1) is 11.7. The van der Waals surface area contributed by atoms with Gasteiger partial charge >= 0.3 is 0 Å². The second-order valence-electron chi connectivity index (χ2n) is 3.00. The Morgan fingerprint density at radius 1 is 1.25 bits per heavy atom. The highest BCUT2D eigenvalue weighted by atomic mass is 16.2. The standard InChI is InChI=1S/C10H11N3O3/c1-12-10(16)7-2-6(9(11)15)3-8(4-7)13-5-14/h2-5H,1H3,(H2,11,15)(H,12,16)(H,13,14). The summed E-state index contributed by atoms with van der Waals surface area (Å²) in [5.74, 6) is -1.03. The van der Waals surface area contributed by atoms with Gasteiger partial charge in [0.25, 0.3) is 5.91 Å². The van der Waals surface area contributed by atoms with Crippen LogP contribution in [-0.2, 0) is 4.79 Å². The summed E-state index contributed by atoms with van der Waals surface area (Å²) in [5, 5.41) is 4.76. The van der Waals surface area contributed by atoms with Gasteiger partial charge in [-0.3, -0.25) is 14.4 Å². The summed E-state index contributed by atoms with van der Waals surface area (Å²) in [6, 6.07) is 4.19. The van der Waals surface area contributed by atoms with Crippen LogP contribution in [0.25, 0.3) is 0 Å². The lowest BCUT2D eigenvalue weighted by molar-refractivity contribution is -0.105. The summed E-state index contributed by atoms with van der Waals surface area (Å²) >= 11 is 0. The van der Waals surface area contributed by atoms with E-state index in [2.05, 4.69) is 10.6 Å². The molecular weight excluding hydrogens is 210 g/mol. The average molecular weight is 221 g/mol. The summed E-state index contributed by atoms with van der Waals surface area (Å²) in [7, 11) is 1.46. The van der Waals surface area contributed by atoms with E-state index in [0.29, 0.717) is 12.1 Å². The van der Waals surface area contributed by atoms with Crippen molar-refractivity contribution in [1.82, 2.24) is 5.32 Å². The molecule has 0 heterocycles. The van der Waals surface area contributed by atoms with E-state index in [1.807, 2.05) is 0 Å². The van der Waals surface area contributed by atoms with Crippen molar-refractivity contribution >= 4 is 23.9 Å². The van der Waals surface area contributed by atoms with E-state index < -0.39 is 5.91 Å². The van der Waals surface area contributed by atoms with Crippen molar-refractivity contribution in [2.24, 2.45) is 5.73 Å². The molecule has 84 valence electrons.